The first-order valence-corrected chi connectivity index (χ1v) is 4.75. The van der Waals surface area contributed by atoms with Crippen molar-refractivity contribution in [3.05, 3.63) is 47.7 Å². The molecule has 0 radical (unpaired) electrons. The minimum atomic E-state index is -0.258. The molecule has 0 bridgehead atoms. The summed E-state index contributed by atoms with van der Waals surface area (Å²) in [6.45, 7) is 3.85. The number of nitrogens with zero attached hydrogens (tertiary/aromatic N) is 3. The molecule has 1 amide bonds. The van der Waals surface area contributed by atoms with Crippen LogP contribution < -0.4 is 5.32 Å². The van der Waals surface area contributed by atoms with Gasteiger partial charge in [-0.25, -0.2) is 0 Å². The lowest BCUT2D eigenvalue weighted by Gasteiger charge is -2.02. The van der Waals surface area contributed by atoms with Crippen LogP contribution in [0.15, 0.2) is 42.0 Å². The van der Waals surface area contributed by atoms with Crippen LogP contribution in [0.4, 0.5) is 5.69 Å². The van der Waals surface area contributed by atoms with Crippen molar-refractivity contribution in [3.63, 3.8) is 0 Å². The van der Waals surface area contributed by atoms with E-state index in [0.29, 0.717) is 12.1 Å². The van der Waals surface area contributed by atoms with E-state index in [9.17, 15) is 10.0 Å². The van der Waals surface area contributed by atoms with Gasteiger partial charge in [-0.2, -0.15) is 5.26 Å². The van der Waals surface area contributed by atoms with E-state index < -0.39 is 0 Å². The summed E-state index contributed by atoms with van der Waals surface area (Å²) in [6, 6.07) is 5.78. The van der Waals surface area contributed by atoms with Gasteiger partial charge in [-0.05, 0) is 17.0 Å². The minimum Gasteiger partial charge on any atom is -0.593 e. The fourth-order valence-electron chi connectivity index (χ4n) is 1.11. The minimum absolute atomic E-state index is 0.186. The molecule has 0 spiro atoms. The number of nitrogens with one attached hydrogen (secondary N) is 1. The van der Waals surface area contributed by atoms with Gasteiger partial charge in [0.15, 0.2) is 0 Å². The highest BCUT2D eigenvalue weighted by atomic mass is 16.5. The lowest BCUT2D eigenvalue weighted by Crippen LogP contribution is -2.22. The zero-order valence-electron chi connectivity index (χ0n) is 8.96. The van der Waals surface area contributed by atoms with Crippen LogP contribution in [0.2, 0.25) is 0 Å². The number of amides is 1. The van der Waals surface area contributed by atoms with Crippen molar-refractivity contribution in [2.45, 2.75) is 0 Å². The van der Waals surface area contributed by atoms with Crippen LogP contribution in [-0.2, 0) is 0 Å². The summed E-state index contributed by atoms with van der Waals surface area (Å²) < 4.78 is 0. The van der Waals surface area contributed by atoms with Crippen molar-refractivity contribution in [1.82, 2.24) is 5.32 Å². The lowest BCUT2D eigenvalue weighted by atomic mass is 10.2. The number of rotatable bonds is 4. The second kappa shape index (κ2) is 6.02. The summed E-state index contributed by atoms with van der Waals surface area (Å²) >= 11 is 0. The second-order valence-corrected chi connectivity index (χ2v) is 3.02. The van der Waals surface area contributed by atoms with E-state index in [-0.39, 0.29) is 16.5 Å². The fraction of sp³-hybridized carbons (Fsp3) is 0.0909. The molecule has 1 rings (SSSR count). The van der Waals surface area contributed by atoms with Crippen LogP contribution in [0.3, 0.4) is 0 Å². The van der Waals surface area contributed by atoms with Crippen LogP contribution in [0.25, 0.3) is 0 Å². The monoisotopic (exact) mass is 230 g/mol. The van der Waals surface area contributed by atoms with Gasteiger partial charge < -0.3 is 10.5 Å². The number of hydrogen-bond acceptors (Lipinski definition) is 4. The van der Waals surface area contributed by atoms with Gasteiger partial charge >= 0.3 is 0 Å². The largest absolute Gasteiger partial charge is 0.593 e. The standard InChI is InChI=1S/C11H10N4O2/c1-2-7-13-11(16)9-3-5-10(6-4-9)15(17)14-8-12/h2-6H,1,7H2,(H,13,16). The molecule has 0 unspecified atom stereocenters. The smallest absolute Gasteiger partial charge is 0.274 e. The number of benzene rings is 1. The van der Waals surface area contributed by atoms with Crippen molar-refractivity contribution >= 4 is 11.6 Å². The van der Waals surface area contributed by atoms with E-state index in [1.165, 1.54) is 30.5 Å². The highest BCUT2D eigenvalue weighted by Gasteiger charge is 2.07. The Morgan fingerprint density at radius 2 is 2.24 bits per heavy atom. The first-order chi connectivity index (χ1) is 8.19. The molecule has 0 aromatic heterocycles. The quantitative estimate of drug-likeness (QED) is 0.280. The molecule has 0 aliphatic rings. The molecule has 0 fully saturated rings. The summed E-state index contributed by atoms with van der Waals surface area (Å²) in [5.74, 6) is -0.258. The second-order valence-electron chi connectivity index (χ2n) is 3.02. The zero-order valence-corrected chi connectivity index (χ0v) is 8.96. The van der Waals surface area contributed by atoms with Gasteiger partial charge in [0.1, 0.15) is 0 Å². The average molecular weight is 230 g/mol. The average Bonchev–Trinajstić information content (AvgIpc) is 2.36. The van der Waals surface area contributed by atoms with Crippen LogP contribution in [0, 0.1) is 16.7 Å². The maximum atomic E-state index is 11.5. The molecule has 0 atom stereocenters. The molecule has 0 aliphatic heterocycles. The molecule has 6 heteroatoms. The maximum Gasteiger partial charge on any atom is 0.274 e. The van der Waals surface area contributed by atoms with Crippen LogP contribution in [0.5, 0.6) is 0 Å². The predicted octanol–water partition coefficient (Wildman–Crippen LogP) is 1.68. The lowest BCUT2D eigenvalue weighted by molar-refractivity contribution is -0.435. The molecule has 1 aromatic rings. The first kappa shape index (κ1) is 12.4. The Hall–Kier alpha value is -2.68. The maximum absolute atomic E-state index is 11.5. The Balaban J connectivity index is 2.82. The molecule has 17 heavy (non-hydrogen) atoms. The van der Waals surface area contributed by atoms with Gasteiger partial charge in [0.05, 0.1) is 5.11 Å². The molecule has 0 saturated carbocycles. The van der Waals surface area contributed by atoms with Gasteiger partial charge in [0, 0.05) is 24.2 Å². The zero-order chi connectivity index (χ0) is 12.7. The van der Waals surface area contributed by atoms with E-state index in [1.807, 2.05) is 0 Å². The Morgan fingerprint density at radius 3 is 2.76 bits per heavy atom. The summed E-state index contributed by atoms with van der Waals surface area (Å²) in [5.41, 5.74) is 0.604. The topological polar surface area (TPSA) is 91.3 Å². The fourth-order valence-corrected chi connectivity index (χ4v) is 1.11. The van der Waals surface area contributed by atoms with E-state index in [0.717, 1.165) is 0 Å². The number of azo groups is 1. The molecule has 1 aromatic carbocycles. The van der Waals surface area contributed by atoms with Crippen LogP contribution in [0.1, 0.15) is 10.4 Å². The van der Waals surface area contributed by atoms with Crippen LogP contribution >= 0.6 is 0 Å². The Morgan fingerprint density at radius 1 is 1.59 bits per heavy atom. The van der Waals surface area contributed by atoms with Crippen molar-refractivity contribution in [2.24, 2.45) is 5.11 Å². The van der Waals surface area contributed by atoms with Crippen molar-refractivity contribution in [3.8, 4) is 6.19 Å². The van der Waals surface area contributed by atoms with E-state index in [1.54, 1.807) is 6.08 Å². The molecule has 6 nitrogen and oxygen atoms in total. The summed E-state index contributed by atoms with van der Waals surface area (Å²) in [7, 11) is 0. The summed E-state index contributed by atoms with van der Waals surface area (Å²) in [6.07, 6.45) is 2.95. The third kappa shape index (κ3) is 3.43. The highest BCUT2D eigenvalue weighted by molar-refractivity contribution is 5.94. The third-order valence-electron chi connectivity index (χ3n) is 1.89. The van der Waals surface area contributed by atoms with Gasteiger partial charge in [-0.3, -0.25) is 4.79 Å². The van der Waals surface area contributed by atoms with Crippen LogP contribution in [-0.4, -0.2) is 17.3 Å². The molecular weight excluding hydrogens is 220 g/mol. The predicted molar refractivity (Wildman–Crippen MR) is 60.3 cm³/mol. The van der Waals surface area contributed by atoms with Crippen molar-refractivity contribution in [2.75, 3.05) is 6.54 Å². The normalized spacial score (nSPS) is 10.4. The number of nitriles is 1. The number of carbonyl (C=O) groups is 1. The third-order valence-corrected chi connectivity index (χ3v) is 1.89. The van der Waals surface area contributed by atoms with Gasteiger partial charge in [-0.1, -0.05) is 6.08 Å². The van der Waals surface area contributed by atoms with Gasteiger partial charge in [-0.15, -0.1) is 6.58 Å². The molecular formula is C11H10N4O2. The Labute approximate surface area is 98.1 Å². The number of hydrogen-bond donors (Lipinski definition) is 1. The highest BCUT2D eigenvalue weighted by Crippen LogP contribution is 2.12. The molecule has 86 valence electrons. The Bertz CT molecular complexity index is 485. The molecule has 0 aliphatic carbocycles. The van der Waals surface area contributed by atoms with Crippen molar-refractivity contribution in [1.29, 1.82) is 5.26 Å². The SMILES string of the molecule is C=CCNC(=O)c1ccc([N+]([O-])=NC#N)cc1. The van der Waals surface area contributed by atoms with E-state index >= 15 is 0 Å². The van der Waals surface area contributed by atoms with Crippen molar-refractivity contribution < 1.29 is 9.66 Å². The van der Waals surface area contributed by atoms with Gasteiger partial charge in [0.2, 0.25) is 5.69 Å². The molecule has 0 saturated heterocycles. The number of carbonyl (C=O) groups excluding carboxylic acids is 1. The van der Waals surface area contributed by atoms with E-state index in [2.05, 4.69) is 17.0 Å². The van der Waals surface area contributed by atoms with E-state index in [4.69, 9.17) is 5.26 Å². The first-order valence-electron chi connectivity index (χ1n) is 4.75. The summed E-state index contributed by atoms with van der Waals surface area (Å²) in [4.78, 5) is 11.7. The Kier molecular flexibility index (Phi) is 4.39. The summed E-state index contributed by atoms with van der Waals surface area (Å²) in [5, 5.41) is 24.9. The molecule has 1 N–H and O–H groups in total. The molecule has 0 heterocycles. The van der Waals surface area contributed by atoms with Gasteiger partial charge in [0.25, 0.3) is 12.1 Å².